The summed E-state index contributed by atoms with van der Waals surface area (Å²) in [6, 6.07) is 53.5. The van der Waals surface area contributed by atoms with Gasteiger partial charge in [0.2, 0.25) is 11.2 Å². The monoisotopic (exact) mass is 1040 g/mol. The van der Waals surface area contributed by atoms with Gasteiger partial charge in [0.1, 0.15) is 23.1 Å². The van der Waals surface area contributed by atoms with Gasteiger partial charge in [-0.05, 0) is 139 Å². The molecule has 10 nitrogen and oxygen atoms in total. The summed E-state index contributed by atoms with van der Waals surface area (Å²) in [6.07, 6.45) is 1.49. The number of nitrogens with zero attached hydrogens (tertiary/aromatic N) is 6. The third kappa shape index (κ3) is 12.5. The molecule has 9 aromatic rings. The average Bonchev–Trinajstić information content (AvgIpc) is 3.81. The van der Waals surface area contributed by atoms with Crippen LogP contribution < -0.4 is 25.6 Å². The molecule has 0 spiro atoms. The summed E-state index contributed by atoms with van der Waals surface area (Å²) in [5.41, 5.74) is 9.95. The smallest absolute Gasteiger partial charge is 0.203 e. The van der Waals surface area contributed by atoms with Crippen LogP contribution in [-0.4, -0.2) is 62.6 Å². The first kappa shape index (κ1) is 49.1. The first-order chi connectivity index (χ1) is 34.6. The Morgan fingerprint density at radius 1 is 0.465 bits per heavy atom. The van der Waals surface area contributed by atoms with Crippen molar-refractivity contribution in [3.63, 3.8) is 0 Å². The normalized spacial score (nSPS) is 12.8. The fraction of sp³-hybridized carbons (Fsp3) is 0.228. The van der Waals surface area contributed by atoms with E-state index < -0.39 is 0 Å². The molecule has 1 fully saturated rings. The molecular formula is C57H56BrClF2N8O2. The molecule has 3 heterocycles. The van der Waals surface area contributed by atoms with Gasteiger partial charge in [0.25, 0.3) is 0 Å². The number of benzene rings is 7. The van der Waals surface area contributed by atoms with Crippen molar-refractivity contribution in [2.24, 2.45) is 0 Å². The van der Waals surface area contributed by atoms with E-state index in [-0.39, 0.29) is 11.6 Å². The van der Waals surface area contributed by atoms with Crippen LogP contribution >= 0.6 is 27.5 Å². The van der Waals surface area contributed by atoms with Gasteiger partial charge in [-0.1, -0.05) is 88.2 Å². The van der Waals surface area contributed by atoms with Crippen molar-refractivity contribution in [3.8, 4) is 11.5 Å². The number of imidazole rings is 2. The number of fused-ring (bicyclic) bond motifs is 2. The quantitative estimate of drug-likeness (QED) is 0.0889. The molecule has 2 aromatic heterocycles. The van der Waals surface area contributed by atoms with Gasteiger partial charge in [-0.25, -0.2) is 8.78 Å². The molecule has 1 aliphatic heterocycles. The first-order valence-corrected chi connectivity index (χ1v) is 25.1. The molecule has 7 aromatic carbocycles. The van der Waals surface area contributed by atoms with Gasteiger partial charge in [0.15, 0.2) is 0 Å². The number of hydrogen-bond donors (Lipinski definition) is 2. The van der Waals surface area contributed by atoms with Crippen LogP contribution in [0.2, 0.25) is 5.02 Å². The molecule has 0 saturated carbocycles. The zero-order chi connectivity index (χ0) is 49.1. The van der Waals surface area contributed by atoms with Gasteiger partial charge in [-0.15, -0.1) is 0 Å². The molecule has 0 amide bonds. The highest BCUT2D eigenvalue weighted by Crippen LogP contribution is 2.22. The van der Waals surface area contributed by atoms with Gasteiger partial charge in [0, 0.05) is 61.0 Å². The number of anilines is 1. The molecule has 0 unspecified atom stereocenters. The van der Waals surface area contributed by atoms with E-state index in [9.17, 15) is 8.78 Å². The summed E-state index contributed by atoms with van der Waals surface area (Å²) in [7, 11) is 0. The SMILES string of the molecule is N=c1n(CCCOc2ccc(F)cc2)c2ccccc2n1Cc1ccc(Br)cc1.N=c1n(CCCOc2ccc(F)cc2)c2ccccc2n1Cc1ccc(N2CCN(Cc3ccc(Cl)cc3)CC2)cc1. The van der Waals surface area contributed by atoms with E-state index in [2.05, 4.69) is 97.0 Å². The van der Waals surface area contributed by atoms with E-state index in [0.717, 1.165) is 82.7 Å². The number of aryl methyl sites for hydroxylation is 2. The molecule has 1 saturated heterocycles. The highest BCUT2D eigenvalue weighted by molar-refractivity contribution is 9.10. The van der Waals surface area contributed by atoms with Crippen molar-refractivity contribution in [1.29, 1.82) is 10.8 Å². The molecular weight excluding hydrogens is 982 g/mol. The highest BCUT2D eigenvalue weighted by Gasteiger charge is 2.18. The number of nitrogens with one attached hydrogen (secondary N) is 2. The third-order valence-electron chi connectivity index (χ3n) is 12.8. The minimum absolute atomic E-state index is 0.273. The Morgan fingerprint density at radius 2 is 0.859 bits per heavy atom. The minimum Gasteiger partial charge on any atom is -0.494 e. The van der Waals surface area contributed by atoms with Crippen molar-refractivity contribution >= 4 is 55.3 Å². The standard InChI is InChI=1S/C34H35ClFN5O.C23H21BrFN3O/c35-28-10-6-26(7-11-28)24-38-19-21-39(22-20-38)30-14-8-27(9-15-30)25-41-33-5-2-1-4-32(33)40(34(41)37)18-3-23-42-31-16-12-29(36)13-17-31;24-18-8-6-17(7-9-18)16-28-22-5-2-1-4-21(22)27(23(28)26)14-3-15-29-20-12-10-19(25)11-13-20/h1-2,4-17,37H,3,18-25H2;1-2,4-13,26H,3,14-16H2. The molecule has 0 radical (unpaired) electrons. The summed E-state index contributed by atoms with van der Waals surface area (Å²) < 4.78 is 46.8. The third-order valence-corrected chi connectivity index (χ3v) is 13.5. The lowest BCUT2D eigenvalue weighted by Crippen LogP contribution is -2.45. The molecule has 1 aliphatic rings. The Balaban J connectivity index is 0.000000188. The van der Waals surface area contributed by atoms with Gasteiger partial charge >= 0.3 is 0 Å². The number of ether oxygens (including phenoxy) is 2. The van der Waals surface area contributed by atoms with Crippen molar-refractivity contribution < 1.29 is 18.3 Å². The molecule has 71 heavy (non-hydrogen) atoms. The maximum absolute atomic E-state index is 13.1. The number of piperazine rings is 1. The lowest BCUT2D eigenvalue weighted by Gasteiger charge is -2.36. The summed E-state index contributed by atoms with van der Waals surface area (Å²) >= 11 is 9.50. The molecule has 0 bridgehead atoms. The van der Waals surface area contributed by atoms with E-state index in [1.54, 1.807) is 24.3 Å². The fourth-order valence-electron chi connectivity index (χ4n) is 9.03. The topological polar surface area (TPSA) is 92.4 Å². The van der Waals surface area contributed by atoms with Crippen molar-refractivity contribution in [1.82, 2.24) is 23.2 Å². The average molecular weight is 1040 g/mol. The highest BCUT2D eigenvalue weighted by atomic mass is 79.9. The van der Waals surface area contributed by atoms with E-state index in [0.29, 0.717) is 62.1 Å². The van der Waals surface area contributed by atoms with E-state index in [1.807, 2.05) is 68.3 Å². The molecule has 2 N–H and O–H groups in total. The second-order valence-electron chi connectivity index (χ2n) is 17.6. The number of rotatable bonds is 17. The first-order valence-electron chi connectivity index (χ1n) is 23.9. The number of aromatic nitrogens is 4. The van der Waals surface area contributed by atoms with Crippen LogP contribution in [0, 0.1) is 22.5 Å². The Labute approximate surface area is 425 Å². The lowest BCUT2D eigenvalue weighted by atomic mass is 10.1. The molecule has 14 heteroatoms. The zero-order valence-corrected chi connectivity index (χ0v) is 41.7. The van der Waals surface area contributed by atoms with Crippen molar-refractivity contribution in [3.05, 3.63) is 219 Å². The number of hydrogen-bond acceptors (Lipinski definition) is 6. The summed E-state index contributed by atoms with van der Waals surface area (Å²) in [6.45, 7) is 8.61. The summed E-state index contributed by atoms with van der Waals surface area (Å²) in [5, 5.41) is 18.5. The van der Waals surface area contributed by atoms with Crippen LogP contribution in [0.3, 0.4) is 0 Å². The molecule has 10 rings (SSSR count). The summed E-state index contributed by atoms with van der Waals surface area (Å²) in [5.74, 6) is 0.756. The van der Waals surface area contributed by atoms with Crippen molar-refractivity contribution in [2.75, 3.05) is 44.3 Å². The van der Waals surface area contributed by atoms with Crippen LogP contribution in [0.15, 0.2) is 174 Å². The van der Waals surface area contributed by atoms with Crippen LogP contribution in [0.25, 0.3) is 22.1 Å². The Kier molecular flexibility index (Phi) is 16.1. The molecule has 0 aliphatic carbocycles. The lowest BCUT2D eigenvalue weighted by molar-refractivity contribution is 0.250. The predicted molar refractivity (Wildman–Crippen MR) is 282 cm³/mol. The van der Waals surface area contributed by atoms with Crippen LogP contribution in [-0.2, 0) is 32.7 Å². The van der Waals surface area contributed by atoms with Crippen molar-refractivity contribution in [2.45, 2.75) is 45.6 Å². The van der Waals surface area contributed by atoms with E-state index in [4.69, 9.17) is 31.9 Å². The zero-order valence-electron chi connectivity index (χ0n) is 39.4. The number of halogens is 4. The van der Waals surface area contributed by atoms with Gasteiger partial charge in [0.05, 0.1) is 48.4 Å². The van der Waals surface area contributed by atoms with Crippen LogP contribution in [0.5, 0.6) is 11.5 Å². The van der Waals surface area contributed by atoms with Crippen LogP contribution in [0.4, 0.5) is 14.5 Å². The summed E-state index contributed by atoms with van der Waals surface area (Å²) in [4.78, 5) is 4.94. The van der Waals surface area contributed by atoms with Gasteiger partial charge in [-0.2, -0.15) is 0 Å². The van der Waals surface area contributed by atoms with Crippen LogP contribution in [0.1, 0.15) is 29.5 Å². The largest absolute Gasteiger partial charge is 0.494 e. The maximum atomic E-state index is 13.1. The second-order valence-corrected chi connectivity index (χ2v) is 18.9. The predicted octanol–water partition coefficient (Wildman–Crippen LogP) is 11.9. The molecule has 0 atom stereocenters. The molecule has 364 valence electrons. The Morgan fingerprint density at radius 3 is 1.31 bits per heavy atom. The maximum Gasteiger partial charge on any atom is 0.203 e. The second kappa shape index (κ2) is 23.3. The van der Waals surface area contributed by atoms with E-state index >= 15 is 0 Å². The fourth-order valence-corrected chi connectivity index (χ4v) is 9.42. The van der Waals surface area contributed by atoms with Gasteiger partial charge < -0.3 is 32.6 Å². The van der Waals surface area contributed by atoms with Gasteiger partial charge in [-0.3, -0.25) is 15.7 Å². The Hall–Kier alpha value is -6.93. The Bertz CT molecular complexity index is 3270. The van der Waals surface area contributed by atoms with E-state index in [1.165, 1.54) is 41.1 Å². The number of para-hydroxylation sites is 4. The minimum atomic E-state index is -0.275.